The zero-order valence-corrected chi connectivity index (χ0v) is 24.3. The molecule has 2 N–H and O–H groups in total. The van der Waals surface area contributed by atoms with Crippen LogP contribution in [-0.4, -0.2) is 64.7 Å². The van der Waals surface area contributed by atoms with Gasteiger partial charge in [-0.25, -0.2) is 9.97 Å². The van der Waals surface area contributed by atoms with Gasteiger partial charge in [0.25, 0.3) is 0 Å². The van der Waals surface area contributed by atoms with Crippen molar-refractivity contribution in [3.05, 3.63) is 64.3 Å². The van der Waals surface area contributed by atoms with Gasteiger partial charge in [0.15, 0.2) is 0 Å². The Kier molecular flexibility index (Phi) is 9.10. The second kappa shape index (κ2) is 12.7. The molecular weight excluding hydrogens is 549 g/mol. The van der Waals surface area contributed by atoms with E-state index < -0.39 is 0 Å². The summed E-state index contributed by atoms with van der Waals surface area (Å²) in [5, 5.41) is 14.1. The lowest BCUT2D eigenvalue weighted by molar-refractivity contribution is -0.119. The molecule has 2 fully saturated rings. The smallest absolute Gasteiger partial charge is 0.220 e. The molecule has 0 aliphatic carbocycles. The summed E-state index contributed by atoms with van der Waals surface area (Å²) in [5.74, 6) is 2.59. The van der Waals surface area contributed by atoms with Gasteiger partial charge in [-0.1, -0.05) is 30.1 Å². The Labute approximate surface area is 245 Å². The Morgan fingerprint density at radius 3 is 2.48 bits per heavy atom. The molecule has 2 aromatic heterocycles. The van der Waals surface area contributed by atoms with Crippen LogP contribution in [0, 0.1) is 11.8 Å². The number of hydrogen-bond donors (Lipinski definition) is 2. The van der Waals surface area contributed by atoms with E-state index >= 15 is 0 Å². The van der Waals surface area contributed by atoms with Crippen LogP contribution in [0.4, 0.5) is 5.82 Å². The molecule has 40 heavy (non-hydrogen) atoms. The van der Waals surface area contributed by atoms with Gasteiger partial charge in [0.1, 0.15) is 11.6 Å². The van der Waals surface area contributed by atoms with Crippen molar-refractivity contribution in [2.45, 2.75) is 39.3 Å². The number of piperidine rings is 1. The van der Waals surface area contributed by atoms with Crippen LogP contribution in [0.2, 0.25) is 10.0 Å². The molecule has 4 heterocycles. The lowest BCUT2D eigenvalue weighted by atomic mass is 9.96. The maximum Gasteiger partial charge on any atom is 0.220 e. The number of carbonyl (C=O) groups excluding carboxylic acids is 1. The zero-order valence-electron chi connectivity index (χ0n) is 22.8. The van der Waals surface area contributed by atoms with E-state index in [1.54, 1.807) is 19.2 Å². The second-order valence-corrected chi connectivity index (χ2v) is 11.8. The topological polar surface area (TPSA) is 90.8 Å². The van der Waals surface area contributed by atoms with Crippen molar-refractivity contribution in [3.8, 4) is 22.9 Å². The van der Waals surface area contributed by atoms with E-state index in [9.17, 15) is 9.90 Å². The summed E-state index contributed by atoms with van der Waals surface area (Å²) in [5.41, 5.74) is 2.61. The Morgan fingerprint density at radius 1 is 1.10 bits per heavy atom. The minimum atomic E-state index is -0.342. The van der Waals surface area contributed by atoms with Crippen LogP contribution in [-0.2, 0) is 11.3 Å². The number of rotatable bonds is 8. The largest absolute Gasteiger partial charge is 0.437 e. The monoisotopic (exact) mass is 583 g/mol. The molecule has 5 rings (SSSR count). The van der Waals surface area contributed by atoms with Crippen molar-refractivity contribution in [2.24, 2.45) is 11.8 Å². The number of carbonyl (C=O) groups is 1. The quantitative estimate of drug-likeness (QED) is 0.366. The Balaban J connectivity index is 1.33. The van der Waals surface area contributed by atoms with Crippen molar-refractivity contribution >= 4 is 34.9 Å². The van der Waals surface area contributed by atoms with Crippen molar-refractivity contribution < 1.29 is 14.6 Å². The van der Waals surface area contributed by atoms with Gasteiger partial charge < -0.3 is 20.1 Å². The average Bonchev–Trinajstić information content (AvgIpc) is 3.26. The van der Waals surface area contributed by atoms with Gasteiger partial charge in [0.05, 0.1) is 18.0 Å². The molecule has 1 aromatic carbocycles. The number of ether oxygens (including phenoxy) is 1. The maximum atomic E-state index is 11.3. The fraction of sp³-hybridized carbons (Fsp3) is 0.433. The van der Waals surface area contributed by atoms with Crippen molar-refractivity contribution in [1.29, 1.82) is 0 Å². The number of likely N-dealkylation sites (tertiary alicyclic amines) is 1. The molecule has 1 amide bonds. The summed E-state index contributed by atoms with van der Waals surface area (Å²) < 4.78 is 6.20. The van der Waals surface area contributed by atoms with E-state index in [0.717, 1.165) is 68.2 Å². The number of aliphatic hydroxyl groups excluding tert-OH is 1. The van der Waals surface area contributed by atoms with Crippen LogP contribution in [0.15, 0.2) is 48.7 Å². The number of aromatic nitrogens is 2. The summed E-state index contributed by atoms with van der Waals surface area (Å²) in [6.07, 6.45) is 3.42. The number of anilines is 1. The van der Waals surface area contributed by atoms with E-state index in [2.05, 4.69) is 26.2 Å². The van der Waals surface area contributed by atoms with Crippen LogP contribution in [0.1, 0.15) is 32.3 Å². The summed E-state index contributed by atoms with van der Waals surface area (Å²) >= 11 is 12.6. The number of nitrogens with one attached hydrogen (secondary N) is 1. The molecule has 0 unspecified atom stereocenters. The fourth-order valence-electron chi connectivity index (χ4n) is 5.32. The van der Waals surface area contributed by atoms with Gasteiger partial charge >= 0.3 is 0 Å². The molecule has 2 atom stereocenters. The van der Waals surface area contributed by atoms with Crippen LogP contribution in [0.25, 0.3) is 11.3 Å². The lowest BCUT2D eigenvalue weighted by Gasteiger charge is -2.32. The third-order valence-corrected chi connectivity index (χ3v) is 8.05. The van der Waals surface area contributed by atoms with E-state index in [1.165, 1.54) is 0 Å². The lowest BCUT2D eigenvalue weighted by Crippen LogP contribution is -2.37. The summed E-state index contributed by atoms with van der Waals surface area (Å²) in [7, 11) is 0. The van der Waals surface area contributed by atoms with Crippen molar-refractivity contribution in [2.75, 3.05) is 37.6 Å². The number of hydrogen-bond acceptors (Lipinski definition) is 7. The highest BCUT2D eigenvalue weighted by Gasteiger charge is 2.28. The molecule has 2 saturated heterocycles. The van der Waals surface area contributed by atoms with E-state index in [4.69, 9.17) is 32.9 Å². The third-order valence-electron chi connectivity index (χ3n) is 7.61. The van der Waals surface area contributed by atoms with E-state index in [0.29, 0.717) is 34.1 Å². The van der Waals surface area contributed by atoms with E-state index in [-0.39, 0.29) is 17.9 Å². The van der Waals surface area contributed by atoms with Gasteiger partial charge in [-0.05, 0) is 73.8 Å². The minimum absolute atomic E-state index is 0.0228. The molecule has 8 nitrogen and oxygen atoms in total. The average molecular weight is 585 g/mol. The number of pyridine rings is 2. The summed E-state index contributed by atoms with van der Waals surface area (Å²) in [4.78, 5) is 25.1. The van der Waals surface area contributed by atoms with Gasteiger partial charge in [0.2, 0.25) is 11.8 Å². The van der Waals surface area contributed by atoms with Gasteiger partial charge in [0, 0.05) is 60.7 Å². The third kappa shape index (κ3) is 7.43. The Hall–Kier alpha value is -2.91. The predicted octanol–water partition coefficient (Wildman–Crippen LogP) is 5.41. The van der Waals surface area contributed by atoms with Crippen molar-refractivity contribution in [3.63, 3.8) is 0 Å². The van der Waals surface area contributed by atoms with Gasteiger partial charge in [-0.3, -0.25) is 9.69 Å². The molecule has 212 valence electrons. The van der Waals surface area contributed by atoms with Crippen LogP contribution >= 0.6 is 23.2 Å². The highest BCUT2D eigenvalue weighted by atomic mass is 35.5. The van der Waals surface area contributed by atoms with Gasteiger partial charge in [-0.15, -0.1) is 0 Å². The van der Waals surface area contributed by atoms with Crippen molar-refractivity contribution in [1.82, 2.24) is 20.2 Å². The Bertz CT molecular complexity index is 1300. The first kappa shape index (κ1) is 28.6. The molecular formula is C30H35Cl2N5O3. The molecule has 10 heteroatoms. The summed E-state index contributed by atoms with van der Waals surface area (Å²) in [6, 6.07) is 13.2. The Morgan fingerprint density at radius 2 is 1.85 bits per heavy atom. The number of benzene rings is 1. The molecule has 2 aliphatic rings. The zero-order chi connectivity index (χ0) is 28.2. The number of nitrogens with zero attached hydrogens (tertiary/aromatic N) is 4. The highest BCUT2D eigenvalue weighted by molar-refractivity contribution is 6.35. The normalized spacial score (nSPS) is 20.1. The standard InChI is InChI=1S/C30H35Cl2N5O3/c1-19-16-37(18-28(19)39)29-4-3-26(15-34-29)40-30-10-22(9-27(35-30)23-11-24(31)13-25(32)12-23)17-36-7-5-21(6-8-36)14-33-20(2)38/h3-4,9-13,15,19,21,28,39H,5-8,14,16-18H2,1-2H3,(H,33,38)/t19-,28-/m0/s1. The first-order valence-electron chi connectivity index (χ1n) is 13.7. The fourth-order valence-corrected chi connectivity index (χ4v) is 5.85. The molecule has 2 aliphatic heterocycles. The van der Waals surface area contributed by atoms with Crippen LogP contribution in [0.3, 0.4) is 0 Å². The first-order chi connectivity index (χ1) is 19.2. The molecule has 0 bridgehead atoms. The minimum Gasteiger partial charge on any atom is -0.437 e. The number of aliphatic hydroxyl groups is 1. The molecule has 0 spiro atoms. The maximum absolute atomic E-state index is 11.3. The predicted molar refractivity (Wildman–Crippen MR) is 158 cm³/mol. The highest BCUT2D eigenvalue weighted by Crippen LogP contribution is 2.31. The molecule has 3 aromatic rings. The van der Waals surface area contributed by atoms with E-state index in [1.807, 2.05) is 37.3 Å². The SMILES string of the molecule is CC(=O)NCC1CCN(Cc2cc(Oc3ccc(N4C[C@H](C)[C@@H](O)C4)nc3)nc(-c3cc(Cl)cc(Cl)c3)c2)CC1. The number of β-amino-alcohol motifs (C(OH)–C–C–N with tert-alkyl or cyclic N) is 1. The summed E-state index contributed by atoms with van der Waals surface area (Å²) in [6.45, 7) is 8.35. The number of halogens is 2. The number of amides is 1. The van der Waals surface area contributed by atoms with Crippen LogP contribution < -0.4 is 15.0 Å². The van der Waals surface area contributed by atoms with Gasteiger partial charge in [-0.2, -0.15) is 0 Å². The second-order valence-electron chi connectivity index (χ2n) is 10.9. The molecule has 0 saturated carbocycles. The molecule has 0 radical (unpaired) electrons. The first-order valence-corrected chi connectivity index (χ1v) is 14.5. The van der Waals surface area contributed by atoms with Crippen LogP contribution in [0.5, 0.6) is 11.6 Å².